The maximum Gasteiger partial charge on any atom is 0.157 e. The van der Waals surface area contributed by atoms with Crippen molar-refractivity contribution in [2.75, 3.05) is 5.73 Å². The van der Waals surface area contributed by atoms with Crippen molar-refractivity contribution >= 4 is 31.5 Å². The summed E-state index contributed by atoms with van der Waals surface area (Å²) in [5.74, 6) is 0.0662. The van der Waals surface area contributed by atoms with Crippen molar-refractivity contribution in [1.29, 1.82) is 0 Å². The molecule has 3 nitrogen and oxygen atoms in total. The quantitative estimate of drug-likeness (QED) is 0.872. The normalized spacial score (nSPS) is 17.5. The molecule has 0 radical (unpaired) electrons. The molecule has 2 N–H and O–H groups in total. The van der Waals surface area contributed by atoms with Crippen molar-refractivity contribution in [2.45, 2.75) is 36.7 Å². The van der Waals surface area contributed by atoms with Gasteiger partial charge in [-0.2, -0.15) is 0 Å². The lowest BCUT2D eigenvalue weighted by Gasteiger charge is -2.12. The summed E-state index contributed by atoms with van der Waals surface area (Å²) in [4.78, 5) is 0. The second-order valence-electron chi connectivity index (χ2n) is 4.56. The SMILES string of the molecule is Nc1cc(Br)ccc1CS(=O)(=O)C1CCCC1. The van der Waals surface area contributed by atoms with Gasteiger partial charge >= 0.3 is 0 Å². The Morgan fingerprint density at radius 3 is 2.53 bits per heavy atom. The highest BCUT2D eigenvalue weighted by Gasteiger charge is 2.29. The van der Waals surface area contributed by atoms with Gasteiger partial charge in [0.2, 0.25) is 0 Å². The third-order valence-corrected chi connectivity index (χ3v) is 5.97. The number of benzene rings is 1. The van der Waals surface area contributed by atoms with E-state index in [-0.39, 0.29) is 11.0 Å². The average Bonchev–Trinajstić information content (AvgIpc) is 2.76. The number of sulfone groups is 1. The Labute approximate surface area is 110 Å². The maximum absolute atomic E-state index is 12.2. The van der Waals surface area contributed by atoms with Gasteiger partial charge < -0.3 is 5.73 Å². The van der Waals surface area contributed by atoms with E-state index in [9.17, 15) is 8.42 Å². The summed E-state index contributed by atoms with van der Waals surface area (Å²) in [6.07, 6.45) is 3.66. The fourth-order valence-corrected chi connectivity index (χ4v) is 4.64. The molecule has 0 bridgehead atoms. The minimum absolute atomic E-state index is 0.0662. The molecule has 17 heavy (non-hydrogen) atoms. The molecule has 1 aromatic rings. The molecule has 0 aromatic heterocycles. The fraction of sp³-hybridized carbons (Fsp3) is 0.500. The average molecular weight is 318 g/mol. The molecule has 1 saturated carbocycles. The summed E-state index contributed by atoms with van der Waals surface area (Å²) in [5.41, 5.74) is 7.08. The second-order valence-corrected chi connectivity index (χ2v) is 7.75. The van der Waals surface area contributed by atoms with E-state index in [4.69, 9.17) is 5.73 Å². The predicted octanol–water partition coefficient (Wildman–Crippen LogP) is 2.89. The second kappa shape index (κ2) is 4.98. The molecule has 0 amide bonds. The number of nitrogen functional groups attached to an aromatic ring is 1. The Morgan fingerprint density at radius 2 is 1.94 bits per heavy atom. The molecular weight excluding hydrogens is 302 g/mol. The smallest absolute Gasteiger partial charge is 0.157 e. The van der Waals surface area contributed by atoms with Gasteiger partial charge in [0.05, 0.1) is 11.0 Å². The highest BCUT2D eigenvalue weighted by molar-refractivity contribution is 9.10. The van der Waals surface area contributed by atoms with Crippen molar-refractivity contribution in [1.82, 2.24) is 0 Å². The van der Waals surface area contributed by atoms with E-state index in [1.807, 2.05) is 6.07 Å². The van der Waals surface area contributed by atoms with Crippen LogP contribution in [0, 0.1) is 0 Å². The molecule has 1 aromatic carbocycles. The van der Waals surface area contributed by atoms with Crippen LogP contribution in [0.2, 0.25) is 0 Å². The molecule has 0 saturated heterocycles. The zero-order valence-electron chi connectivity index (χ0n) is 9.52. The first-order valence-corrected chi connectivity index (χ1v) is 8.25. The van der Waals surface area contributed by atoms with E-state index >= 15 is 0 Å². The molecular formula is C12H16BrNO2S. The number of anilines is 1. The van der Waals surface area contributed by atoms with Crippen LogP contribution in [-0.2, 0) is 15.6 Å². The van der Waals surface area contributed by atoms with E-state index in [1.54, 1.807) is 12.1 Å². The first-order valence-electron chi connectivity index (χ1n) is 5.74. The summed E-state index contributed by atoms with van der Waals surface area (Å²) >= 11 is 3.31. The van der Waals surface area contributed by atoms with Gasteiger partial charge in [-0.25, -0.2) is 8.42 Å². The fourth-order valence-electron chi connectivity index (χ4n) is 2.28. The molecule has 2 rings (SSSR count). The van der Waals surface area contributed by atoms with Gasteiger partial charge in [0.25, 0.3) is 0 Å². The van der Waals surface area contributed by atoms with Crippen LogP contribution < -0.4 is 5.73 Å². The Morgan fingerprint density at radius 1 is 1.29 bits per heavy atom. The summed E-state index contributed by atoms with van der Waals surface area (Å²) in [6.45, 7) is 0. The molecule has 0 unspecified atom stereocenters. The van der Waals surface area contributed by atoms with E-state index in [0.29, 0.717) is 11.3 Å². The van der Waals surface area contributed by atoms with Crippen LogP contribution in [0.25, 0.3) is 0 Å². The van der Waals surface area contributed by atoms with Crippen LogP contribution >= 0.6 is 15.9 Å². The van der Waals surface area contributed by atoms with E-state index in [1.165, 1.54) is 0 Å². The molecule has 0 spiro atoms. The lowest BCUT2D eigenvalue weighted by Crippen LogP contribution is -2.20. The summed E-state index contributed by atoms with van der Waals surface area (Å²) < 4.78 is 25.2. The Balaban J connectivity index is 2.19. The first-order chi connectivity index (χ1) is 7.99. The molecule has 94 valence electrons. The number of halogens is 1. The zero-order chi connectivity index (χ0) is 12.5. The number of hydrogen-bond donors (Lipinski definition) is 1. The van der Waals surface area contributed by atoms with Gasteiger partial charge in [-0.3, -0.25) is 0 Å². The van der Waals surface area contributed by atoms with Gasteiger partial charge in [0.1, 0.15) is 0 Å². The van der Waals surface area contributed by atoms with Crippen LogP contribution in [0.5, 0.6) is 0 Å². The van der Waals surface area contributed by atoms with Crippen molar-refractivity contribution in [3.05, 3.63) is 28.2 Å². The lowest BCUT2D eigenvalue weighted by atomic mass is 10.2. The van der Waals surface area contributed by atoms with E-state index < -0.39 is 9.84 Å². The van der Waals surface area contributed by atoms with Crippen LogP contribution in [0.4, 0.5) is 5.69 Å². The zero-order valence-corrected chi connectivity index (χ0v) is 11.9. The highest BCUT2D eigenvalue weighted by Crippen LogP contribution is 2.29. The molecule has 0 atom stereocenters. The van der Waals surface area contributed by atoms with Gasteiger partial charge in [0, 0.05) is 10.2 Å². The lowest BCUT2D eigenvalue weighted by molar-refractivity contribution is 0.579. The van der Waals surface area contributed by atoms with Crippen molar-refractivity contribution in [2.24, 2.45) is 0 Å². The van der Waals surface area contributed by atoms with Crippen LogP contribution in [-0.4, -0.2) is 13.7 Å². The van der Waals surface area contributed by atoms with Gasteiger partial charge in [-0.05, 0) is 30.5 Å². The first kappa shape index (κ1) is 12.9. The van der Waals surface area contributed by atoms with Gasteiger partial charge in [-0.1, -0.05) is 34.8 Å². The minimum Gasteiger partial charge on any atom is -0.398 e. The number of nitrogens with two attached hydrogens (primary N) is 1. The van der Waals surface area contributed by atoms with Crippen molar-refractivity contribution in [3.8, 4) is 0 Å². The Bertz CT molecular complexity index is 507. The van der Waals surface area contributed by atoms with Crippen LogP contribution in [0.15, 0.2) is 22.7 Å². The molecule has 0 heterocycles. The third kappa shape index (κ3) is 3.01. The molecule has 1 aliphatic rings. The summed E-state index contributed by atoms with van der Waals surface area (Å²) in [6, 6.07) is 5.36. The Hall–Kier alpha value is -0.550. The minimum atomic E-state index is -3.04. The monoisotopic (exact) mass is 317 g/mol. The van der Waals surface area contributed by atoms with Gasteiger partial charge in [-0.15, -0.1) is 0 Å². The van der Waals surface area contributed by atoms with Crippen molar-refractivity contribution in [3.63, 3.8) is 0 Å². The predicted molar refractivity (Wildman–Crippen MR) is 73.4 cm³/mol. The van der Waals surface area contributed by atoms with Crippen LogP contribution in [0.3, 0.4) is 0 Å². The standard InChI is InChI=1S/C12H16BrNO2S/c13-10-6-5-9(12(14)7-10)8-17(15,16)11-3-1-2-4-11/h5-7,11H,1-4,8,14H2. The third-order valence-electron chi connectivity index (χ3n) is 3.27. The van der Waals surface area contributed by atoms with E-state index in [0.717, 1.165) is 30.2 Å². The number of rotatable bonds is 3. The molecule has 1 aliphatic carbocycles. The Kier molecular flexibility index (Phi) is 3.78. The summed E-state index contributed by atoms with van der Waals surface area (Å²) in [7, 11) is -3.04. The van der Waals surface area contributed by atoms with Gasteiger partial charge in [0.15, 0.2) is 9.84 Å². The largest absolute Gasteiger partial charge is 0.398 e. The summed E-state index contributed by atoms with van der Waals surface area (Å²) in [5, 5.41) is -0.162. The highest BCUT2D eigenvalue weighted by atomic mass is 79.9. The van der Waals surface area contributed by atoms with Crippen molar-refractivity contribution < 1.29 is 8.42 Å². The maximum atomic E-state index is 12.2. The molecule has 5 heteroatoms. The number of hydrogen-bond acceptors (Lipinski definition) is 3. The molecule has 1 fully saturated rings. The molecule has 0 aliphatic heterocycles. The topological polar surface area (TPSA) is 60.2 Å². The van der Waals surface area contributed by atoms with Crippen LogP contribution in [0.1, 0.15) is 31.2 Å². The van der Waals surface area contributed by atoms with E-state index in [2.05, 4.69) is 15.9 Å².